The molecule has 0 radical (unpaired) electrons. The molecule has 0 saturated heterocycles. The molecule has 8 heteroatoms. The van der Waals surface area contributed by atoms with Crippen molar-refractivity contribution < 1.29 is 17.9 Å². The van der Waals surface area contributed by atoms with Gasteiger partial charge in [0.25, 0.3) is 0 Å². The van der Waals surface area contributed by atoms with Crippen molar-refractivity contribution in [1.29, 1.82) is 0 Å². The highest BCUT2D eigenvalue weighted by Gasteiger charge is 2.27. The van der Waals surface area contributed by atoms with Gasteiger partial charge < -0.3 is 10.5 Å². The molecular weight excluding hydrogens is 316 g/mol. The minimum Gasteiger partial charge on any atom is -0.469 e. The number of nitrogens with zero attached hydrogens (tertiary/aromatic N) is 1. The lowest BCUT2D eigenvalue weighted by atomic mass is 10.2. The summed E-state index contributed by atoms with van der Waals surface area (Å²) in [6, 6.07) is 2.83. The van der Waals surface area contributed by atoms with Crippen LogP contribution < -0.4 is 5.73 Å². The molecule has 1 rings (SSSR count). The van der Waals surface area contributed by atoms with E-state index >= 15 is 0 Å². The molecular formula is C13H19ClN2O4S. The summed E-state index contributed by atoms with van der Waals surface area (Å²) in [5.74, 6) is -1.04. The van der Waals surface area contributed by atoms with Crippen LogP contribution in [-0.4, -0.2) is 39.4 Å². The quantitative estimate of drug-likeness (QED) is 0.653. The Hall–Kier alpha value is -1.31. The van der Waals surface area contributed by atoms with Crippen LogP contribution >= 0.6 is 11.6 Å². The first-order chi connectivity index (χ1) is 9.61. The maximum absolute atomic E-state index is 12.5. The Labute approximate surface area is 129 Å². The van der Waals surface area contributed by atoms with Crippen molar-refractivity contribution in [3.8, 4) is 0 Å². The second kappa shape index (κ2) is 6.64. The molecule has 0 spiro atoms. The number of aryl methyl sites for hydroxylation is 1. The summed E-state index contributed by atoms with van der Waals surface area (Å²) in [7, 11) is -1.10. The van der Waals surface area contributed by atoms with Gasteiger partial charge in [0, 0.05) is 13.6 Å². The summed E-state index contributed by atoms with van der Waals surface area (Å²) in [4.78, 5) is 11.5. The number of anilines is 1. The van der Waals surface area contributed by atoms with Crippen molar-refractivity contribution in [2.24, 2.45) is 5.92 Å². The first kappa shape index (κ1) is 17.7. The van der Waals surface area contributed by atoms with Crippen LogP contribution in [0.3, 0.4) is 0 Å². The van der Waals surface area contributed by atoms with E-state index in [1.807, 2.05) is 0 Å². The van der Waals surface area contributed by atoms with Gasteiger partial charge in [-0.05, 0) is 24.6 Å². The number of carbonyl (C=O) groups is 1. The van der Waals surface area contributed by atoms with E-state index in [2.05, 4.69) is 4.74 Å². The van der Waals surface area contributed by atoms with E-state index < -0.39 is 21.9 Å². The molecule has 1 aromatic carbocycles. The monoisotopic (exact) mass is 334 g/mol. The second-order valence-electron chi connectivity index (χ2n) is 4.85. The summed E-state index contributed by atoms with van der Waals surface area (Å²) < 4.78 is 30.8. The van der Waals surface area contributed by atoms with Gasteiger partial charge in [-0.25, -0.2) is 12.7 Å². The number of nitrogen functional groups attached to an aromatic ring is 1. The maximum Gasteiger partial charge on any atom is 0.309 e. The Morgan fingerprint density at radius 1 is 1.48 bits per heavy atom. The Bertz CT molecular complexity index is 646. The first-order valence-electron chi connectivity index (χ1n) is 6.21. The Morgan fingerprint density at radius 3 is 2.57 bits per heavy atom. The fourth-order valence-corrected chi connectivity index (χ4v) is 3.59. The largest absolute Gasteiger partial charge is 0.469 e. The molecule has 0 aliphatic rings. The van der Waals surface area contributed by atoms with Gasteiger partial charge >= 0.3 is 5.97 Å². The van der Waals surface area contributed by atoms with Gasteiger partial charge in [0.15, 0.2) is 0 Å². The van der Waals surface area contributed by atoms with Crippen molar-refractivity contribution in [3.05, 3.63) is 22.7 Å². The zero-order chi connectivity index (χ0) is 16.4. The van der Waals surface area contributed by atoms with Crippen molar-refractivity contribution in [2.45, 2.75) is 18.7 Å². The van der Waals surface area contributed by atoms with Gasteiger partial charge in [0.2, 0.25) is 10.0 Å². The molecule has 0 aliphatic carbocycles. The van der Waals surface area contributed by atoms with Crippen LogP contribution in [0.15, 0.2) is 17.0 Å². The minimum absolute atomic E-state index is 0.0109. The van der Waals surface area contributed by atoms with Gasteiger partial charge in [-0.2, -0.15) is 0 Å². The lowest BCUT2D eigenvalue weighted by Gasteiger charge is -2.21. The third-order valence-electron chi connectivity index (χ3n) is 3.12. The summed E-state index contributed by atoms with van der Waals surface area (Å²) in [5, 5.41) is 0.303. The number of hydrogen-bond donors (Lipinski definition) is 1. The molecule has 6 nitrogen and oxygen atoms in total. The third-order valence-corrected chi connectivity index (χ3v) is 5.41. The zero-order valence-electron chi connectivity index (χ0n) is 12.4. The van der Waals surface area contributed by atoms with Gasteiger partial charge in [0.1, 0.15) is 0 Å². The highest BCUT2D eigenvalue weighted by Crippen LogP contribution is 2.28. The highest BCUT2D eigenvalue weighted by molar-refractivity contribution is 7.89. The maximum atomic E-state index is 12.5. The van der Waals surface area contributed by atoms with E-state index in [1.54, 1.807) is 13.8 Å². The predicted molar refractivity (Wildman–Crippen MR) is 81.6 cm³/mol. The molecule has 1 aromatic rings. The van der Waals surface area contributed by atoms with Crippen LogP contribution in [0.5, 0.6) is 0 Å². The molecule has 0 aromatic heterocycles. The van der Waals surface area contributed by atoms with Gasteiger partial charge in [-0.15, -0.1) is 0 Å². The van der Waals surface area contributed by atoms with Crippen molar-refractivity contribution >= 4 is 33.3 Å². The molecule has 1 unspecified atom stereocenters. The number of nitrogens with two attached hydrogens (primary N) is 1. The predicted octanol–water partition coefficient (Wildman–Crippen LogP) is 1.66. The average Bonchev–Trinajstić information content (AvgIpc) is 2.41. The molecule has 1 atom stereocenters. The van der Waals surface area contributed by atoms with Gasteiger partial charge in [0.05, 0.1) is 28.6 Å². The molecule has 2 N–H and O–H groups in total. The fourth-order valence-electron chi connectivity index (χ4n) is 1.87. The van der Waals surface area contributed by atoms with Crippen molar-refractivity contribution in [1.82, 2.24) is 4.31 Å². The summed E-state index contributed by atoms with van der Waals surface area (Å²) in [5.41, 5.74) is 6.35. The van der Waals surface area contributed by atoms with Crippen LogP contribution in [0.25, 0.3) is 0 Å². The highest BCUT2D eigenvalue weighted by atomic mass is 35.5. The number of methoxy groups -OCH3 is 1. The molecule has 21 heavy (non-hydrogen) atoms. The number of rotatable bonds is 5. The molecule has 0 heterocycles. The minimum atomic E-state index is -3.76. The summed E-state index contributed by atoms with van der Waals surface area (Å²) in [6.45, 7) is 3.24. The Balaban J connectivity index is 3.11. The average molecular weight is 335 g/mol. The van der Waals surface area contributed by atoms with Crippen LogP contribution in [0.4, 0.5) is 5.69 Å². The molecule has 0 saturated carbocycles. The summed E-state index contributed by atoms with van der Waals surface area (Å²) >= 11 is 5.87. The first-order valence-corrected chi connectivity index (χ1v) is 8.02. The van der Waals surface area contributed by atoms with Gasteiger partial charge in [-0.3, -0.25) is 4.79 Å². The topological polar surface area (TPSA) is 89.7 Å². The molecule has 0 fully saturated rings. The van der Waals surface area contributed by atoms with Crippen LogP contribution in [-0.2, 0) is 19.6 Å². The standard InChI is InChI=1S/C13H19ClN2O4S/c1-8-5-10(14)11(15)6-12(8)21(18,19)16(3)7-9(2)13(17)20-4/h5-6,9H,7,15H2,1-4H3. The van der Waals surface area contributed by atoms with Crippen molar-refractivity contribution in [2.75, 3.05) is 26.4 Å². The fraction of sp³-hybridized carbons (Fsp3) is 0.462. The van der Waals surface area contributed by atoms with Gasteiger partial charge in [-0.1, -0.05) is 18.5 Å². The van der Waals surface area contributed by atoms with E-state index in [1.165, 1.54) is 26.3 Å². The third kappa shape index (κ3) is 3.87. The SMILES string of the molecule is COC(=O)C(C)CN(C)S(=O)(=O)c1cc(N)c(Cl)cc1C. The van der Waals surface area contributed by atoms with E-state index in [9.17, 15) is 13.2 Å². The Kier molecular flexibility index (Phi) is 5.61. The van der Waals surface area contributed by atoms with E-state index in [0.717, 1.165) is 4.31 Å². The molecule has 0 aliphatic heterocycles. The van der Waals surface area contributed by atoms with E-state index in [4.69, 9.17) is 17.3 Å². The summed E-state index contributed by atoms with van der Waals surface area (Å²) in [6.07, 6.45) is 0. The van der Waals surface area contributed by atoms with E-state index in [-0.39, 0.29) is 17.1 Å². The Morgan fingerprint density at radius 2 is 2.05 bits per heavy atom. The number of hydrogen-bond acceptors (Lipinski definition) is 5. The normalized spacial score (nSPS) is 13.2. The molecule has 118 valence electrons. The number of ether oxygens (including phenoxy) is 1. The second-order valence-corrected chi connectivity index (χ2v) is 7.27. The molecule has 0 amide bonds. The number of esters is 1. The van der Waals surface area contributed by atoms with E-state index in [0.29, 0.717) is 10.6 Å². The molecule has 0 bridgehead atoms. The van der Waals surface area contributed by atoms with Crippen LogP contribution in [0.1, 0.15) is 12.5 Å². The number of carbonyl (C=O) groups excluding carboxylic acids is 1. The lowest BCUT2D eigenvalue weighted by molar-refractivity contribution is -0.144. The zero-order valence-corrected chi connectivity index (χ0v) is 14.0. The van der Waals surface area contributed by atoms with Crippen molar-refractivity contribution in [3.63, 3.8) is 0 Å². The smallest absolute Gasteiger partial charge is 0.309 e. The number of sulfonamides is 1. The van der Waals surface area contributed by atoms with Crippen LogP contribution in [0, 0.1) is 12.8 Å². The van der Waals surface area contributed by atoms with Crippen LogP contribution in [0.2, 0.25) is 5.02 Å². The number of benzene rings is 1. The lowest BCUT2D eigenvalue weighted by Crippen LogP contribution is -2.34. The number of halogens is 1.